The molecule has 8 heteroatoms. The van der Waals surface area contributed by atoms with Crippen LogP contribution in [-0.4, -0.2) is 24.8 Å². The zero-order chi connectivity index (χ0) is 18.2. The number of aromatic amines is 1. The lowest BCUT2D eigenvalue weighted by atomic mass is 10.2. The molecule has 0 amide bonds. The van der Waals surface area contributed by atoms with Crippen LogP contribution in [0.4, 0.5) is 17.6 Å². The van der Waals surface area contributed by atoms with Gasteiger partial charge in [-0.15, -0.1) is 5.10 Å². The van der Waals surface area contributed by atoms with Crippen LogP contribution < -0.4 is 10.6 Å². The van der Waals surface area contributed by atoms with Crippen LogP contribution in [0.25, 0.3) is 5.52 Å². The summed E-state index contributed by atoms with van der Waals surface area (Å²) in [6.45, 7) is 0.610. The largest absolute Gasteiger partial charge is 0.349 e. The Morgan fingerprint density at radius 3 is 2.85 bits per heavy atom. The predicted octanol–water partition coefficient (Wildman–Crippen LogP) is 4.34. The van der Waals surface area contributed by atoms with Gasteiger partial charge in [0.05, 0.1) is 5.69 Å². The fourth-order valence-corrected chi connectivity index (χ4v) is 3.13. The van der Waals surface area contributed by atoms with Crippen LogP contribution >= 0.6 is 11.6 Å². The van der Waals surface area contributed by atoms with Gasteiger partial charge in [0.1, 0.15) is 11.3 Å². The Kier molecular flexibility index (Phi) is 3.94. The van der Waals surface area contributed by atoms with Crippen molar-refractivity contribution in [3.63, 3.8) is 0 Å². The van der Waals surface area contributed by atoms with E-state index < -0.39 is 0 Å². The van der Waals surface area contributed by atoms with E-state index in [-0.39, 0.29) is 0 Å². The molecule has 1 aliphatic carbocycles. The van der Waals surface area contributed by atoms with E-state index in [1.807, 2.05) is 42.6 Å². The first-order chi connectivity index (χ1) is 13.2. The Morgan fingerprint density at radius 2 is 2.04 bits per heavy atom. The molecule has 1 aromatic carbocycles. The molecule has 5 rings (SSSR count). The maximum atomic E-state index is 5.94. The highest BCUT2D eigenvalue weighted by molar-refractivity contribution is 6.30. The van der Waals surface area contributed by atoms with Gasteiger partial charge >= 0.3 is 0 Å². The Morgan fingerprint density at radius 1 is 1.19 bits per heavy atom. The standard InChI is InChI=1S/C19H18ClN7/c20-14-7-3-12(4-8-14)11-21-19-23-18(16-2-1-9-27(16)26-19)22-17-10-15(24-25-17)13-5-6-13/h1-4,7-10,13H,5-6,11H2,(H3,21,22,23,24,25,26). The van der Waals surface area contributed by atoms with Crippen molar-refractivity contribution >= 4 is 34.7 Å². The van der Waals surface area contributed by atoms with E-state index in [1.54, 1.807) is 4.52 Å². The fraction of sp³-hybridized carbons (Fsp3) is 0.211. The van der Waals surface area contributed by atoms with E-state index in [9.17, 15) is 0 Å². The number of H-pyrrole nitrogens is 1. The number of hydrogen-bond acceptors (Lipinski definition) is 5. The van der Waals surface area contributed by atoms with Crippen LogP contribution in [-0.2, 0) is 6.54 Å². The second-order valence-corrected chi connectivity index (χ2v) is 7.14. The molecule has 27 heavy (non-hydrogen) atoms. The van der Waals surface area contributed by atoms with Crippen LogP contribution in [0.3, 0.4) is 0 Å². The molecule has 0 unspecified atom stereocenters. The Bertz CT molecular complexity index is 1080. The van der Waals surface area contributed by atoms with Crippen molar-refractivity contribution in [3.8, 4) is 0 Å². The Labute approximate surface area is 160 Å². The highest BCUT2D eigenvalue weighted by Crippen LogP contribution is 2.39. The summed E-state index contributed by atoms with van der Waals surface area (Å²) >= 11 is 5.94. The van der Waals surface area contributed by atoms with Gasteiger partial charge in [0.25, 0.3) is 0 Å². The fourth-order valence-electron chi connectivity index (χ4n) is 3.00. The third kappa shape index (κ3) is 3.46. The predicted molar refractivity (Wildman–Crippen MR) is 106 cm³/mol. The topological polar surface area (TPSA) is 82.9 Å². The van der Waals surface area contributed by atoms with Crippen molar-refractivity contribution in [3.05, 3.63) is 64.9 Å². The maximum absolute atomic E-state index is 5.94. The molecular weight excluding hydrogens is 362 g/mol. The van der Waals surface area contributed by atoms with Crippen molar-refractivity contribution in [2.45, 2.75) is 25.3 Å². The molecule has 136 valence electrons. The van der Waals surface area contributed by atoms with E-state index in [2.05, 4.69) is 37.0 Å². The molecule has 0 spiro atoms. The van der Waals surface area contributed by atoms with Crippen molar-refractivity contribution < 1.29 is 0 Å². The smallest absolute Gasteiger partial charge is 0.243 e. The van der Waals surface area contributed by atoms with Gasteiger partial charge in [0.15, 0.2) is 5.82 Å². The number of halogens is 1. The summed E-state index contributed by atoms with van der Waals surface area (Å²) in [5.74, 6) is 2.70. The van der Waals surface area contributed by atoms with Crippen molar-refractivity contribution in [1.82, 2.24) is 24.8 Å². The molecule has 7 nitrogen and oxygen atoms in total. The Hall–Kier alpha value is -3.06. The van der Waals surface area contributed by atoms with Gasteiger partial charge in [0, 0.05) is 29.7 Å². The van der Waals surface area contributed by atoms with Gasteiger partial charge in [-0.05, 0) is 42.7 Å². The van der Waals surface area contributed by atoms with Gasteiger partial charge in [-0.2, -0.15) is 10.1 Å². The zero-order valence-corrected chi connectivity index (χ0v) is 15.2. The van der Waals surface area contributed by atoms with E-state index in [0.717, 1.165) is 33.4 Å². The molecule has 3 aromatic heterocycles. The van der Waals surface area contributed by atoms with Gasteiger partial charge in [-0.3, -0.25) is 5.10 Å². The summed E-state index contributed by atoms with van der Waals surface area (Å²) in [5.41, 5.74) is 3.11. The average molecular weight is 380 g/mol. The average Bonchev–Trinajstić information content (AvgIpc) is 3.23. The molecule has 0 atom stereocenters. The van der Waals surface area contributed by atoms with Crippen LogP contribution in [0.15, 0.2) is 48.7 Å². The Balaban J connectivity index is 1.39. The number of hydrogen-bond donors (Lipinski definition) is 3. The first-order valence-electron chi connectivity index (χ1n) is 8.91. The number of aromatic nitrogens is 5. The second kappa shape index (κ2) is 6.59. The normalized spacial score (nSPS) is 13.8. The van der Waals surface area contributed by atoms with Crippen LogP contribution in [0.1, 0.15) is 30.0 Å². The molecule has 1 fully saturated rings. The molecule has 0 saturated heterocycles. The second-order valence-electron chi connectivity index (χ2n) is 6.71. The molecular formula is C19H18ClN7. The SMILES string of the molecule is Clc1ccc(CNc2nc(Nc3cc(C4CC4)n[nH]3)c3cccn3n2)cc1. The number of benzene rings is 1. The van der Waals surface area contributed by atoms with Crippen molar-refractivity contribution in [1.29, 1.82) is 0 Å². The van der Waals surface area contributed by atoms with Crippen LogP contribution in [0, 0.1) is 0 Å². The molecule has 0 bridgehead atoms. The zero-order valence-electron chi connectivity index (χ0n) is 14.5. The quantitative estimate of drug-likeness (QED) is 0.464. The lowest BCUT2D eigenvalue weighted by Gasteiger charge is -2.10. The van der Waals surface area contributed by atoms with E-state index in [4.69, 9.17) is 11.6 Å². The monoisotopic (exact) mass is 379 g/mol. The van der Waals surface area contributed by atoms with Gasteiger partial charge < -0.3 is 10.6 Å². The minimum atomic E-state index is 0.540. The third-order valence-electron chi connectivity index (χ3n) is 4.60. The molecule has 0 radical (unpaired) electrons. The lowest BCUT2D eigenvalue weighted by Crippen LogP contribution is -2.08. The first-order valence-corrected chi connectivity index (χ1v) is 9.28. The molecule has 3 N–H and O–H groups in total. The minimum absolute atomic E-state index is 0.540. The van der Waals surface area contributed by atoms with E-state index >= 15 is 0 Å². The maximum Gasteiger partial charge on any atom is 0.243 e. The molecule has 0 aliphatic heterocycles. The van der Waals surface area contributed by atoms with Gasteiger partial charge in [-0.1, -0.05) is 23.7 Å². The summed E-state index contributed by atoms with van der Waals surface area (Å²) < 4.78 is 1.80. The number of rotatable bonds is 6. The van der Waals surface area contributed by atoms with Gasteiger partial charge in [-0.25, -0.2) is 4.52 Å². The molecule has 1 saturated carbocycles. The van der Waals surface area contributed by atoms with Crippen LogP contribution in [0.5, 0.6) is 0 Å². The van der Waals surface area contributed by atoms with E-state index in [1.165, 1.54) is 12.8 Å². The third-order valence-corrected chi connectivity index (χ3v) is 4.85. The molecule has 3 heterocycles. The number of nitrogens with one attached hydrogen (secondary N) is 3. The number of anilines is 3. The molecule has 1 aliphatic rings. The minimum Gasteiger partial charge on any atom is -0.349 e. The number of fused-ring (bicyclic) bond motifs is 1. The van der Waals surface area contributed by atoms with Crippen molar-refractivity contribution in [2.24, 2.45) is 0 Å². The van der Waals surface area contributed by atoms with Crippen LogP contribution in [0.2, 0.25) is 5.02 Å². The lowest BCUT2D eigenvalue weighted by molar-refractivity contribution is 0.895. The summed E-state index contributed by atoms with van der Waals surface area (Å²) in [7, 11) is 0. The van der Waals surface area contributed by atoms with E-state index in [0.29, 0.717) is 18.4 Å². The summed E-state index contributed by atoms with van der Waals surface area (Å²) in [5, 5.41) is 19.3. The number of nitrogens with zero attached hydrogens (tertiary/aromatic N) is 4. The summed E-state index contributed by atoms with van der Waals surface area (Å²) in [6, 6.07) is 13.7. The molecule has 4 aromatic rings. The highest BCUT2D eigenvalue weighted by atomic mass is 35.5. The summed E-state index contributed by atoms with van der Waals surface area (Å²) in [6.07, 6.45) is 4.34. The summed E-state index contributed by atoms with van der Waals surface area (Å²) in [4.78, 5) is 4.64. The van der Waals surface area contributed by atoms with Crippen molar-refractivity contribution in [2.75, 3.05) is 10.6 Å². The first kappa shape index (κ1) is 16.1. The highest BCUT2D eigenvalue weighted by Gasteiger charge is 2.26. The van der Waals surface area contributed by atoms with Gasteiger partial charge in [0.2, 0.25) is 5.95 Å².